The van der Waals surface area contributed by atoms with Gasteiger partial charge in [-0.05, 0) is 12.1 Å². The van der Waals surface area contributed by atoms with E-state index < -0.39 is 0 Å². The minimum atomic E-state index is -0.285. The molecule has 1 unspecified atom stereocenters. The van der Waals surface area contributed by atoms with Crippen LogP contribution < -0.4 is 5.73 Å². The number of carbonyl (C=O) groups is 1. The first-order valence-electron chi connectivity index (χ1n) is 3.07. The molecular weight excluding hydrogens is 130 g/mol. The lowest BCUT2D eigenvalue weighted by molar-refractivity contribution is -0.108. The molecule has 54 valence electrons. The zero-order valence-electron chi connectivity index (χ0n) is 5.49. The van der Waals surface area contributed by atoms with Gasteiger partial charge >= 0.3 is 0 Å². The van der Waals surface area contributed by atoms with Crippen LogP contribution in [0.3, 0.4) is 0 Å². The van der Waals surface area contributed by atoms with Crippen molar-refractivity contribution in [1.82, 2.24) is 0 Å². The van der Waals surface area contributed by atoms with Crippen LogP contribution in [0, 0.1) is 0 Å². The molecule has 0 amide bonds. The molecule has 0 fully saturated rings. The number of nitrogens with two attached hydrogens (primary N) is 1. The molecule has 0 radical (unpaired) electrons. The van der Waals surface area contributed by atoms with Gasteiger partial charge in [0.05, 0.1) is 12.3 Å². The number of furan rings is 1. The molecule has 2 N–H and O–H groups in total. The monoisotopic (exact) mass is 139 g/mol. The number of carbonyl (C=O) groups excluding carboxylic acids is 1. The normalized spacial score (nSPS) is 12.9. The van der Waals surface area contributed by atoms with Crippen molar-refractivity contribution in [3.63, 3.8) is 0 Å². The summed E-state index contributed by atoms with van der Waals surface area (Å²) < 4.78 is 4.96. The molecule has 0 saturated carbocycles. The molecule has 3 heteroatoms. The van der Waals surface area contributed by atoms with Gasteiger partial charge in [0.1, 0.15) is 12.0 Å². The smallest absolute Gasteiger partial charge is 0.122 e. The molecule has 3 nitrogen and oxygen atoms in total. The largest absolute Gasteiger partial charge is 0.468 e. The summed E-state index contributed by atoms with van der Waals surface area (Å²) in [5, 5.41) is 0. The average Bonchev–Trinajstić information content (AvgIpc) is 2.38. The highest BCUT2D eigenvalue weighted by molar-refractivity contribution is 5.50. The van der Waals surface area contributed by atoms with Crippen LogP contribution in [0.5, 0.6) is 0 Å². The van der Waals surface area contributed by atoms with E-state index in [0.717, 1.165) is 6.29 Å². The molecule has 1 atom stereocenters. The van der Waals surface area contributed by atoms with E-state index in [0.29, 0.717) is 12.2 Å². The molecule has 10 heavy (non-hydrogen) atoms. The molecule has 1 heterocycles. The highest BCUT2D eigenvalue weighted by Gasteiger charge is 2.06. The van der Waals surface area contributed by atoms with E-state index in [4.69, 9.17) is 10.2 Å². The van der Waals surface area contributed by atoms with Crippen LogP contribution in [0.4, 0.5) is 0 Å². The quantitative estimate of drug-likeness (QED) is 0.632. The van der Waals surface area contributed by atoms with E-state index in [9.17, 15) is 4.79 Å². The second kappa shape index (κ2) is 3.17. The summed E-state index contributed by atoms with van der Waals surface area (Å²) in [6.45, 7) is 0. The third-order valence-electron chi connectivity index (χ3n) is 1.26. The lowest BCUT2D eigenvalue weighted by atomic mass is 10.2. The molecule has 1 rings (SSSR count). The van der Waals surface area contributed by atoms with Crippen LogP contribution in [0.2, 0.25) is 0 Å². The third kappa shape index (κ3) is 1.45. The van der Waals surface area contributed by atoms with Crippen LogP contribution in [0.1, 0.15) is 18.2 Å². The first kappa shape index (κ1) is 7.02. The fourth-order valence-corrected chi connectivity index (χ4v) is 0.722. The van der Waals surface area contributed by atoms with Gasteiger partial charge in [-0.3, -0.25) is 0 Å². The number of hydrogen-bond acceptors (Lipinski definition) is 3. The molecule has 0 aromatic carbocycles. The van der Waals surface area contributed by atoms with Gasteiger partial charge in [-0.2, -0.15) is 0 Å². The van der Waals surface area contributed by atoms with Crippen LogP contribution >= 0.6 is 0 Å². The Labute approximate surface area is 58.8 Å². The van der Waals surface area contributed by atoms with E-state index in [-0.39, 0.29) is 6.04 Å². The summed E-state index contributed by atoms with van der Waals surface area (Å²) in [7, 11) is 0. The van der Waals surface area contributed by atoms with Crippen LogP contribution in [-0.4, -0.2) is 6.29 Å². The minimum absolute atomic E-state index is 0.285. The third-order valence-corrected chi connectivity index (χ3v) is 1.26. The summed E-state index contributed by atoms with van der Waals surface area (Å²) in [5.41, 5.74) is 5.52. The number of hydrogen-bond donors (Lipinski definition) is 1. The second-order valence-electron chi connectivity index (χ2n) is 2.02. The summed E-state index contributed by atoms with van der Waals surface area (Å²) in [6, 6.07) is 3.22. The molecule has 0 aliphatic heterocycles. The first-order chi connectivity index (χ1) is 4.84. The molecule has 1 aromatic rings. The summed E-state index contributed by atoms with van der Waals surface area (Å²) >= 11 is 0. The predicted octanol–water partition coefficient (Wildman–Crippen LogP) is 0.868. The number of aldehydes is 1. The maximum absolute atomic E-state index is 9.99. The van der Waals surface area contributed by atoms with Gasteiger partial charge in [-0.15, -0.1) is 0 Å². The highest BCUT2D eigenvalue weighted by Crippen LogP contribution is 2.11. The highest BCUT2D eigenvalue weighted by atomic mass is 16.3. The first-order valence-corrected chi connectivity index (χ1v) is 3.07. The van der Waals surface area contributed by atoms with E-state index in [2.05, 4.69) is 0 Å². The van der Waals surface area contributed by atoms with Gasteiger partial charge in [-0.1, -0.05) is 0 Å². The Hall–Kier alpha value is -1.09. The van der Waals surface area contributed by atoms with Crippen LogP contribution in [0.15, 0.2) is 22.8 Å². The lowest BCUT2D eigenvalue weighted by Gasteiger charge is -2.01. The Morgan fingerprint density at radius 2 is 2.60 bits per heavy atom. The molecule has 0 spiro atoms. The fraction of sp³-hybridized carbons (Fsp3) is 0.286. The van der Waals surface area contributed by atoms with E-state index in [1.54, 1.807) is 18.4 Å². The molecule has 0 saturated heterocycles. The Bertz CT molecular complexity index is 193. The van der Waals surface area contributed by atoms with Crippen LogP contribution in [0.25, 0.3) is 0 Å². The van der Waals surface area contributed by atoms with Crippen molar-refractivity contribution in [2.75, 3.05) is 0 Å². The SMILES string of the molecule is NC(CC=O)c1ccco1. The zero-order valence-corrected chi connectivity index (χ0v) is 5.49. The molecule has 0 bridgehead atoms. The summed E-state index contributed by atoms with van der Waals surface area (Å²) in [6.07, 6.45) is 2.64. The van der Waals surface area contributed by atoms with Crippen molar-refractivity contribution in [2.24, 2.45) is 5.73 Å². The van der Waals surface area contributed by atoms with Crippen molar-refractivity contribution >= 4 is 6.29 Å². The van der Waals surface area contributed by atoms with Gasteiger partial charge < -0.3 is 14.9 Å². The standard InChI is InChI=1S/C7H9NO2/c8-6(3-4-9)7-2-1-5-10-7/h1-2,4-6H,3,8H2. The molecule has 1 aromatic heterocycles. The van der Waals surface area contributed by atoms with Gasteiger partial charge in [0.25, 0.3) is 0 Å². The van der Waals surface area contributed by atoms with Crippen molar-refractivity contribution in [3.05, 3.63) is 24.2 Å². The second-order valence-corrected chi connectivity index (χ2v) is 2.02. The molecule has 0 aliphatic rings. The maximum atomic E-state index is 9.99. The van der Waals surface area contributed by atoms with Gasteiger partial charge in [-0.25, -0.2) is 0 Å². The van der Waals surface area contributed by atoms with Crippen molar-refractivity contribution < 1.29 is 9.21 Å². The van der Waals surface area contributed by atoms with E-state index in [1.807, 2.05) is 0 Å². The Morgan fingerprint density at radius 1 is 1.80 bits per heavy atom. The molecule has 0 aliphatic carbocycles. The Morgan fingerprint density at radius 3 is 3.10 bits per heavy atom. The summed E-state index contributed by atoms with van der Waals surface area (Å²) in [4.78, 5) is 9.99. The maximum Gasteiger partial charge on any atom is 0.122 e. The lowest BCUT2D eigenvalue weighted by Crippen LogP contribution is -2.09. The van der Waals surface area contributed by atoms with E-state index >= 15 is 0 Å². The minimum Gasteiger partial charge on any atom is -0.468 e. The number of rotatable bonds is 3. The fourth-order valence-electron chi connectivity index (χ4n) is 0.722. The predicted molar refractivity (Wildman–Crippen MR) is 36.3 cm³/mol. The van der Waals surface area contributed by atoms with Gasteiger partial charge in [0, 0.05) is 6.42 Å². The Kier molecular flexibility index (Phi) is 2.23. The Balaban J connectivity index is 2.58. The van der Waals surface area contributed by atoms with E-state index in [1.165, 1.54) is 0 Å². The van der Waals surface area contributed by atoms with Crippen molar-refractivity contribution in [2.45, 2.75) is 12.5 Å². The van der Waals surface area contributed by atoms with Gasteiger partial charge in [0.2, 0.25) is 0 Å². The van der Waals surface area contributed by atoms with Crippen molar-refractivity contribution in [3.8, 4) is 0 Å². The average molecular weight is 139 g/mol. The molecular formula is C7H9NO2. The van der Waals surface area contributed by atoms with Crippen molar-refractivity contribution in [1.29, 1.82) is 0 Å². The summed E-state index contributed by atoms with van der Waals surface area (Å²) in [5.74, 6) is 0.659. The topological polar surface area (TPSA) is 56.2 Å². The van der Waals surface area contributed by atoms with Gasteiger partial charge in [0.15, 0.2) is 0 Å². The zero-order chi connectivity index (χ0) is 7.40. The van der Waals surface area contributed by atoms with Crippen LogP contribution in [-0.2, 0) is 4.79 Å².